The summed E-state index contributed by atoms with van der Waals surface area (Å²) in [7, 11) is 0. The quantitative estimate of drug-likeness (QED) is 0.741. The van der Waals surface area contributed by atoms with Crippen molar-refractivity contribution in [2.75, 3.05) is 0 Å². The summed E-state index contributed by atoms with van der Waals surface area (Å²) in [5, 5.41) is 13.4. The Bertz CT molecular complexity index is 696. The zero-order valence-corrected chi connectivity index (χ0v) is 9.69. The minimum atomic E-state index is 0.282. The van der Waals surface area contributed by atoms with Crippen LogP contribution in [0.3, 0.4) is 0 Å². The standard InChI is InChI=1S/C15H12N2O/c18-14-7-4-12(5-8-14)3-6-13-2-1-11-17-15(13)9-10-16-17/h1-11,18H/b6-3+. The lowest BCUT2D eigenvalue weighted by atomic mass is 10.1. The van der Waals surface area contributed by atoms with Gasteiger partial charge in [-0.25, -0.2) is 4.52 Å². The molecule has 0 radical (unpaired) electrons. The minimum Gasteiger partial charge on any atom is -0.508 e. The van der Waals surface area contributed by atoms with Crippen LogP contribution in [-0.2, 0) is 0 Å². The van der Waals surface area contributed by atoms with Gasteiger partial charge in [0, 0.05) is 18.0 Å². The molecule has 2 heterocycles. The number of rotatable bonds is 2. The summed E-state index contributed by atoms with van der Waals surface area (Å²) in [6.07, 6.45) is 7.77. The van der Waals surface area contributed by atoms with Crippen LogP contribution in [0.25, 0.3) is 17.7 Å². The van der Waals surface area contributed by atoms with Crippen molar-refractivity contribution >= 4 is 17.7 Å². The first-order valence-corrected chi connectivity index (χ1v) is 5.72. The van der Waals surface area contributed by atoms with Crippen LogP contribution in [0.1, 0.15) is 11.1 Å². The first-order valence-electron chi connectivity index (χ1n) is 5.72. The average Bonchev–Trinajstić information content (AvgIpc) is 2.87. The summed E-state index contributed by atoms with van der Waals surface area (Å²) < 4.78 is 1.84. The van der Waals surface area contributed by atoms with E-state index in [1.807, 2.05) is 53.2 Å². The third kappa shape index (κ3) is 1.98. The number of hydrogen-bond acceptors (Lipinski definition) is 2. The smallest absolute Gasteiger partial charge is 0.115 e. The molecule has 2 aromatic heterocycles. The fourth-order valence-electron chi connectivity index (χ4n) is 1.89. The number of phenols is 1. The minimum absolute atomic E-state index is 0.282. The lowest BCUT2D eigenvalue weighted by Gasteiger charge is -1.98. The molecule has 0 fully saturated rings. The van der Waals surface area contributed by atoms with Gasteiger partial charge in [-0.1, -0.05) is 30.4 Å². The monoisotopic (exact) mass is 236 g/mol. The maximum atomic E-state index is 9.22. The van der Waals surface area contributed by atoms with Crippen molar-refractivity contribution in [1.29, 1.82) is 0 Å². The number of pyridine rings is 1. The highest BCUT2D eigenvalue weighted by Gasteiger charge is 1.97. The molecule has 3 nitrogen and oxygen atoms in total. The van der Waals surface area contributed by atoms with Crippen molar-refractivity contribution in [2.24, 2.45) is 0 Å². The normalized spacial score (nSPS) is 11.3. The van der Waals surface area contributed by atoms with Gasteiger partial charge in [0.25, 0.3) is 0 Å². The molecule has 0 unspecified atom stereocenters. The number of fused-ring (bicyclic) bond motifs is 1. The van der Waals surface area contributed by atoms with E-state index in [0.717, 1.165) is 16.6 Å². The van der Waals surface area contributed by atoms with E-state index in [1.54, 1.807) is 18.3 Å². The molecule has 0 saturated carbocycles. The number of phenolic OH excluding ortho intramolecular Hbond substituents is 1. The molecular formula is C15H12N2O. The number of aromatic nitrogens is 2. The fourth-order valence-corrected chi connectivity index (χ4v) is 1.89. The SMILES string of the molecule is Oc1ccc(/C=C/c2cccn3nccc23)cc1. The van der Waals surface area contributed by atoms with Crippen LogP contribution >= 0.6 is 0 Å². The molecule has 0 aliphatic rings. The van der Waals surface area contributed by atoms with Crippen molar-refractivity contribution in [3.05, 3.63) is 66.0 Å². The van der Waals surface area contributed by atoms with Gasteiger partial charge in [0.1, 0.15) is 5.75 Å². The second-order valence-corrected chi connectivity index (χ2v) is 4.05. The molecule has 0 aliphatic carbocycles. The second kappa shape index (κ2) is 4.37. The second-order valence-electron chi connectivity index (χ2n) is 4.05. The molecule has 3 aromatic rings. The Morgan fingerprint density at radius 1 is 1.00 bits per heavy atom. The molecule has 1 N–H and O–H groups in total. The summed E-state index contributed by atoms with van der Waals surface area (Å²) in [4.78, 5) is 0. The lowest BCUT2D eigenvalue weighted by molar-refractivity contribution is 0.475. The Kier molecular flexibility index (Phi) is 2.57. The van der Waals surface area contributed by atoms with Crippen LogP contribution < -0.4 is 0 Å². The predicted molar refractivity (Wildman–Crippen MR) is 72.2 cm³/mol. The molecule has 0 bridgehead atoms. The fraction of sp³-hybridized carbons (Fsp3) is 0. The molecule has 1 aromatic carbocycles. The van der Waals surface area contributed by atoms with Gasteiger partial charge in [0.15, 0.2) is 0 Å². The van der Waals surface area contributed by atoms with E-state index in [0.29, 0.717) is 0 Å². The van der Waals surface area contributed by atoms with Gasteiger partial charge in [0.2, 0.25) is 0 Å². The Hall–Kier alpha value is -2.55. The van der Waals surface area contributed by atoms with E-state index >= 15 is 0 Å². The molecule has 0 amide bonds. The van der Waals surface area contributed by atoms with E-state index in [4.69, 9.17) is 0 Å². The van der Waals surface area contributed by atoms with Crippen LogP contribution in [0.4, 0.5) is 0 Å². The van der Waals surface area contributed by atoms with Gasteiger partial charge in [0.05, 0.1) is 5.52 Å². The van der Waals surface area contributed by atoms with Crippen LogP contribution in [-0.4, -0.2) is 14.7 Å². The van der Waals surface area contributed by atoms with Gasteiger partial charge in [-0.2, -0.15) is 5.10 Å². The number of hydrogen-bond donors (Lipinski definition) is 1. The Balaban J connectivity index is 1.96. The van der Waals surface area contributed by atoms with Gasteiger partial charge < -0.3 is 5.11 Å². The lowest BCUT2D eigenvalue weighted by Crippen LogP contribution is -1.86. The number of nitrogens with zero attached hydrogens (tertiary/aromatic N) is 2. The van der Waals surface area contributed by atoms with Crippen molar-refractivity contribution in [2.45, 2.75) is 0 Å². The van der Waals surface area contributed by atoms with Crippen LogP contribution in [0.5, 0.6) is 5.75 Å². The predicted octanol–water partition coefficient (Wildman–Crippen LogP) is 3.21. The van der Waals surface area contributed by atoms with Crippen LogP contribution in [0.15, 0.2) is 54.9 Å². The molecule has 0 aliphatic heterocycles. The summed E-state index contributed by atoms with van der Waals surface area (Å²) in [6, 6.07) is 13.1. The maximum absolute atomic E-state index is 9.22. The number of aromatic hydroxyl groups is 1. The zero-order valence-electron chi connectivity index (χ0n) is 9.69. The summed E-state index contributed by atoms with van der Waals surface area (Å²) >= 11 is 0. The zero-order chi connectivity index (χ0) is 12.4. The first kappa shape index (κ1) is 10.6. The largest absolute Gasteiger partial charge is 0.508 e. The van der Waals surface area contributed by atoms with Gasteiger partial charge in [-0.05, 0) is 29.8 Å². The third-order valence-electron chi connectivity index (χ3n) is 2.82. The Morgan fingerprint density at radius 2 is 1.83 bits per heavy atom. The number of benzene rings is 1. The van der Waals surface area contributed by atoms with E-state index in [-0.39, 0.29) is 5.75 Å². The molecule has 88 valence electrons. The topological polar surface area (TPSA) is 37.5 Å². The van der Waals surface area contributed by atoms with Gasteiger partial charge in [-0.3, -0.25) is 0 Å². The van der Waals surface area contributed by atoms with E-state index in [1.165, 1.54) is 0 Å². The summed E-state index contributed by atoms with van der Waals surface area (Å²) in [6.45, 7) is 0. The van der Waals surface area contributed by atoms with Crippen molar-refractivity contribution < 1.29 is 5.11 Å². The Morgan fingerprint density at radius 3 is 2.67 bits per heavy atom. The van der Waals surface area contributed by atoms with Crippen molar-refractivity contribution in [3.8, 4) is 5.75 Å². The average molecular weight is 236 g/mol. The third-order valence-corrected chi connectivity index (χ3v) is 2.82. The highest BCUT2D eigenvalue weighted by molar-refractivity contribution is 5.77. The molecule has 18 heavy (non-hydrogen) atoms. The molecule has 0 atom stereocenters. The first-order chi connectivity index (χ1) is 8.83. The highest BCUT2D eigenvalue weighted by atomic mass is 16.3. The maximum Gasteiger partial charge on any atom is 0.115 e. The van der Waals surface area contributed by atoms with E-state index in [2.05, 4.69) is 5.10 Å². The molecule has 3 heteroatoms. The van der Waals surface area contributed by atoms with E-state index in [9.17, 15) is 5.11 Å². The van der Waals surface area contributed by atoms with Crippen LogP contribution in [0, 0.1) is 0 Å². The van der Waals surface area contributed by atoms with Crippen molar-refractivity contribution in [1.82, 2.24) is 9.61 Å². The molecule has 0 spiro atoms. The highest BCUT2D eigenvalue weighted by Crippen LogP contribution is 2.15. The van der Waals surface area contributed by atoms with Crippen LogP contribution in [0.2, 0.25) is 0 Å². The molecular weight excluding hydrogens is 224 g/mol. The van der Waals surface area contributed by atoms with Gasteiger partial charge >= 0.3 is 0 Å². The van der Waals surface area contributed by atoms with Gasteiger partial charge in [-0.15, -0.1) is 0 Å². The van der Waals surface area contributed by atoms with E-state index < -0.39 is 0 Å². The Labute approximate surface area is 105 Å². The van der Waals surface area contributed by atoms with Crippen molar-refractivity contribution in [3.63, 3.8) is 0 Å². The summed E-state index contributed by atoms with van der Waals surface area (Å²) in [5.74, 6) is 0.282. The molecule has 0 saturated heterocycles. The summed E-state index contributed by atoms with van der Waals surface area (Å²) in [5.41, 5.74) is 3.24. The molecule has 3 rings (SSSR count).